The van der Waals surface area contributed by atoms with Crippen molar-refractivity contribution < 1.29 is 4.79 Å². The zero-order valence-electron chi connectivity index (χ0n) is 13.2. The van der Waals surface area contributed by atoms with E-state index in [1.165, 1.54) is 18.1 Å². The van der Waals surface area contributed by atoms with Gasteiger partial charge in [0, 0.05) is 6.04 Å². The first kappa shape index (κ1) is 15.1. The summed E-state index contributed by atoms with van der Waals surface area (Å²) in [6.07, 6.45) is 5.46. The third-order valence-corrected chi connectivity index (χ3v) is 5.03. The second kappa shape index (κ2) is 6.24. The van der Waals surface area contributed by atoms with Crippen LogP contribution in [0.4, 0.5) is 0 Å². The van der Waals surface area contributed by atoms with Gasteiger partial charge in [0.05, 0.1) is 22.5 Å². The smallest absolute Gasteiger partial charge is 0.233 e. The van der Waals surface area contributed by atoms with E-state index in [4.69, 9.17) is 0 Å². The van der Waals surface area contributed by atoms with Crippen molar-refractivity contribution in [3.63, 3.8) is 0 Å². The van der Waals surface area contributed by atoms with E-state index < -0.39 is 0 Å². The molecule has 122 valence electrons. The van der Waals surface area contributed by atoms with Crippen LogP contribution in [0.25, 0.3) is 16.7 Å². The molecule has 0 aliphatic heterocycles. The predicted octanol–water partition coefficient (Wildman–Crippen LogP) is 2.57. The lowest BCUT2D eigenvalue weighted by molar-refractivity contribution is -0.120. The van der Waals surface area contributed by atoms with Gasteiger partial charge in [-0.25, -0.2) is 14.6 Å². The van der Waals surface area contributed by atoms with Gasteiger partial charge in [-0.05, 0) is 31.9 Å². The van der Waals surface area contributed by atoms with Crippen LogP contribution in [0.1, 0.15) is 19.8 Å². The lowest BCUT2D eigenvalue weighted by Gasteiger charge is -2.11. The molecule has 0 bridgehead atoms. The van der Waals surface area contributed by atoms with Crippen LogP contribution in [0.15, 0.2) is 47.9 Å². The van der Waals surface area contributed by atoms with Crippen molar-refractivity contribution in [2.75, 3.05) is 0 Å². The van der Waals surface area contributed by atoms with Crippen molar-refractivity contribution in [1.29, 1.82) is 0 Å². The fourth-order valence-corrected chi connectivity index (χ4v) is 3.33. The summed E-state index contributed by atoms with van der Waals surface area (Å²) in [5.41, 5.74) is 1.69. The Morgan fingerprint density at radius 1 is 1.29 bits per heavy atom. The molecule has 7 heteroatoms. The number of amides is 1. The summed E-state index contributed by atoms with van der Waals surface area (Å²) in [6, 6.07) is 10.2. The van der Waals surface area contributed by atoms with Gasteiger partial charge in [0.25, 0.3) is 0 Å². The highest BCUT2D eigenvalue weighted by molar-refractivity contribution is 8.00. The minimum atomic E-state index is -0.205. The van der Waals surface area contributed by atoms with Crippen molar-refractivity contribution in [2.24, 2.45) is 0 Å². The summed E-state index contributed by atoms with van der Waals surface area (Å²) < 4.78 is 1.79. The average Bonchev–Trinajstić information content (AvgIpc) is 3.31. The number of nitrogens with one attached hydrogen (secondary N) is 1. The van der Waals surface area contributed by atoms with Crippen LogP contribution in [0.3, 0.4) is 0 Å². The van der Waals surface area contributed by atoms with Crippen molar-refractivity contribution in [3.05, 3.63) is 42.9 Å². The highest BCUT2D eigenvalue weighted by atomic mass is 32.2. The first-order valence-corrected chi connectivity index (χ1v) is 8.81. The normalized spacial score (nSPS) is 15.4. The Morgan fingerprint density at radius 3 is 2.83 bits per heavy atom. The maximum absolute atomic E-state index is 12.2. The Kier molecular flexibility index (Phi) is 3.93. The number of benzene rings is 1. The monoisotopic (exact) mass is 339 g/mol. The summed E-state index contributed by atoms with van der Waals surface area (Å²) >= 11 is 1.44. The molecule has 3 aromatic rings. The number of carbonyl (C=O) groups excluding carboxylic acids is 1. The standard InChI is InChI=1S/C17H17N5OS/c1-11(16(23)21-12-7-8-12)24-17-14-9-20-22(15(14)18-10-19-17)13-5-3-2-4-6-13/h2-6,9-12H,7-8H2,1H3,(H,21,23). The van der Waals surface area contributed by atoms with Crippen LogP contribution >= 0.6 is 11.8 Å². The summed E-state index contributed by atoms with van der Waals surface area (Å²) in [5, 5.41) is 8.90. The number of fused-ring (bicyclic) bond motifs is 1. The maximum atomic E-state index is 12.2. The highest BCUT2D eigenvalue weighted by Gasteiger charge is 2.26. The Balaban J connectivity index is 1.62. The molecular formula is C17H17N5OS. The molecule has 4 rings (SSSR count). The van der Waals surface area contributed by atoms with E-state index in [2.05, 4.69) is 20.4 Å². The summed E-state index contributed by atoms with van der Waals surface area (Å²) in [7, 11) is 0. The van der Waals surface area contributed by atoms with Crippen LogP contribution in [-0.2, 0) is 4.79 Å². The Morgan fingerprint density at radius 2 is 2.08 bits per heavy atom. The minimum Gasteiger partial charge on any atom is -0.352 e. The molecule has 2 aromatic heterocycles. The SMILES string of the molecule is CC(Sc1ncnc2c1cnn2-c1ccccc1)C(=O)NC1CC1. The quantitative estimate of drug-likeness (QED) is 0.571. The van der Waals surface area contributed by atoms with E-state index in [1.807, 2.05) is 37.3 Å². The molecule has 0 radical (unpaired) electrons. The van der Waals surface area contributed by atoms with Crippen LogP contribution in [0.2, 0.25) is 0 Å². The van der Waals surface area contributed by atoms with Crippen LogP contribution in [-0.4, -0.2) is 36.9 Å². The van der Waals surface area contributed by atoms with E-state index in [1.54, 1.807) is 10.9 Å². The van der Waals surface area contributed by atoms with Crippen molar-refractivity contribution in [2.45, 2.75) is 36.1 Å². The lowest BCUT2D eigenvalue weighted by atomic mass is 10.3. The minimum absolute atomic E-state index is 0.0599. The van der Waals surface area contributed by atoms with Crippen LogP contribution in [0.5, 0.6) is 0 Å². The summed E-state index contributed by atoms with van der Waals surface area (Å²) in [6.45, 7) is 1.90. The van der Waals surface area contributed by atoms with E-state index >= 15 is 0 Å². The number of thioether (sulfide) groups is 1. The van der Waals surface area contributed by atoms with Crippen molar-refractivity contribution >= 4 is 28.7 Å². The Labute approximate surface area is 143 Å². The fraction of sp³-hybridized carbons (Fsp3) is 0.294. The van der Waals surface area contributed by atoms with Gasteiger partial charge in [-0.2, -0.15) is 5.10 Å². The number of carbonyl (C=O) groups is 1. The molecule has 6 nitrogen and oxygen atoms in total. The van der Waals surface area contributed by atoms with E-state index in [0.717, 1.165) is 34.6 Å². The van der Waals surface area contributed by atoms with E-state index in [-0.39, 0.29) is 11.2 Å². The molecule has 1 aromatic carbocycles. The number of hydrogen-bond donors (Lipinski definition) is 1. The topological polar surface area (TPSA) is 72.7 Å². The molecule has 0 spiro atoms. The molecule has 1 aliphatic rings. The first-order chi connectivity index (χ1) is 11.7. The molecule has 0 saturated heterocycles. The van der Waals surface area contributed by atoms with Crippen molar-refractivity contribution in [1.82, 2.24) is 25.1 Å². The lowest BCUT2D eigenvalue weighted by Crippen LogP contribution is -2.32. The van der Waals surface area contributed by atoms with Gasteiger partial charge in [0.2, 0.25) is 5.91 Å². The van der Waals surface area contributed by atoms with Gasteiger partial charge in [-0.1, -0.05) is 30.0 Å². The zero-order valence-corrected chi connectivity index (χ0v) is 14.0. The average molecular weight is 339 g/mol. The highest BCUT2D eigenvalue weighted by Crippen LogP contribution is 2.29. The van der Waals surface area contributed by atoms with E-state index in [9.17, 15) is 4.79 Å². The molecule has 1 amide bonds. The van der Waals surface area contributed by atoms with Gasteiger partial charge in [-0.3, -0.25) is 4.79 Å². The van der Waals surface area contributed by atoms with Crippen LogP contribution in [0, 0.1) is 0 Å². The Hall–Kier alpha value is -2.41. The summed E-state index contributed by atoms with van der Waals surface area (Å²) in [4.78, 5) is 20.9. The van der Waals surface area contributed by atoms with Gasteiger partial charge < -0.3 is 5.32 Å². The molecule has 1 fully saturated rings. The zero-order chi connectivity index (χ0) is 16.5. The van der Waals surface area contributed by atoms with Gasteiger partial charge in [0.15, 0.2) is 5.65 Å². The maximum Gasteiger partial charge on any atom is 0.233 e. The molecule has 1 unspecified atom stereocenters. The number of para-hydroxylation sites is 1. The number of aromatic nitrogens is 4. The molecule has 1 aliphatic carbocycles. The predicted molar refractivity (Wildman–Crippen MR) is 93.1 cm³/mol. The third-order valence-electron chi connectivity index (χ3n) is 3.91. The molecule has 2 heterocycles. The molecule has 1 N–H and O–H groups in total. The molecule has 1 saturated carbocycles. The van der Waals surface area contributed by atoms with E-state index in [0.29, 0.717) is 6.04 Å². The largest absolute Gasteiger partial charge is 0.352 e. The summed E-state index contributed by atoms with van der Waals surface area (Å²) in [5.74, 6) is 0.0599. The second-order valence-electron chi connectivity index (χ2n) is 5.85. The number of rotatable bonds is 5. The van der Waals surface area contributed by atoms with Gasteiger partial charge in [-0.15, -0.1) is 0 Å². The molecule has 24 heavy (non-hydrogen) atoms. The second-order valence-corrected chi connectivity index (χ2v) is 7.18. The fourth-order valence-electron chi connectivity index (χ4n) is 2.44. The number of hydrogen-bond acceptors (Lipinski definition) is 5. The van der Waals surface area contributed by atoms with Crippen LogP contribution < -0.4 is 5.32 Å². The molecular weight excluding hydrogens is 322 g/mol. The molecule has 1 atom stereocenters. The van der Waals surface area contributed by atoms with Crippen molar-refractivity contribution in [3.8, 4) is 5.69 Å². The third kappa shape index (κ3) is 2.99. The first-order valence-electron chi connectivity index (χ1n) is 7.93. The van der Waals surface area contributed by atoms with Gasteiger partial charge >= 0.3 is 0 Å². The number of nitrogens with zero attached hydrogens (tertiary/aromatic N) is 4. The Bertz CT molecular complexity index is 875. The van der Waals surface area contributed by atoms with Gasteiger partial charge in [0.1, 0.15) is 11.4 Å².